The molecule has 0 saturated carbocycles. The zero-order valence-corrected chi connectivity index (χ0v) is 14.2. The number of fused-ring (bicyclic) bond motifs is 1. The molecule has 5 nitrogen and oxygen atoms in total. The smallest absolute Gasteiger partial charge is 0.255 e. The van der Waals surface area contributed by atoms with Gasteiger partial charge in [0.2, 0.25) is 0 Å². The van der Waals surface area contributed by atoms with Crippen molar-refractivity contribution >= 4 is 17.2 Å². The molecular formula is C18H20N2O3S. The minimum absolute atomic E-state index is 0.0195. The van der Waals surface area contributed by atoms with Crippen molar-refractivity contribution in [1.82, 2.24) is 9.88 Å². The van der Waals surface area contributed by atoms with Gasteiger partial charge in [-0.2, -0.15) is 11.3 Å². The highest BCUT2D eigenvalue weighted by Crippen LogP contribution is 2.32. The van der Waals surface area contributed by atoms with Crippen LogP contribution < -0.4 is 0 Å². The highest BCUT2D eigenvalue weighted by atomic mass is 32.1. The minimum atomic E-state index is -0.0370. The lowest BCUT2D eigenvalue weighted by atomic mass is 9.95. The number of likely N-dealkylation sites (tertiary alicyclic amines) is 1. The van der Waals surface area contributed by atoms with E-state index in [9.17, 15) is 4.79 Å². The molecule has 0 bridgehead atoms. The van der Waals surface area contributed by atoms with E-state index in [1.165, 1.54) is 0 Å². The zero-order valence-electron chi connectivity index (χ0n) is 13.3. The monoisotopic (exact) mass is 344 g/mol. The fraction of sp³-hybridized carbons (Fsp3) is 0.444. The van der Waals surface area contributed by atoms with Crippen LogP contribution in [0.1, 0.15) is 28.9 Å². The predicted molar refractivity (Wildman–Crippen MR) is 90.9 cm³/mol. The number of hydrogen-bond acceptors (Lipinski definition) is 5. The Labute approximate surface area is 145 Å². The van der Waals surface area contributed by atoms with Crippen LogP contribution in [0.5, 0.6) is 0 Å². The van der Waals surface area contributed by atoms with Gasteiger partial charge in [0, 0.05) is 24.7 Å². The molecule has 126 valence electrons. The molecule has 4 rings (SSSR count). The van der Waals surface area contributed by atoms with E-state index in [1.807, 2.05) is 39.9 Å². The van der Waals surface area contributed by atoms with Gasteiger partial charge in [-0.25, -0.2) is 0 Å². The number of ether oxygens (including phenoxy) is 2. The molecule has 2 saturated heterocycles. The maximum atomic E-state index is 12.7. The summed E-state index contributed by atoms with van der Waals surface area (Å²) in [5.74, 6) is 0.111. The lowest BCUT2D eigenvalue weighted by Gasteiger charge is -2.41. The Morgan fingerprint density at radius 1 is 1.38 bits per heavy atom. The molecule has 2 aromatic heterocycles. The van der Waals surface area contributed by atoms with E-state index < -0.39 is 0 Å². The lowest BCUT2D eigenvalue weighted by Crippen LogP contribution is -2.55. The van der Waals surface area contributed by atoms with Crippen LogP contribution in [0.3, 0.4) is 0 Å². The predicted octanol–water partition coefficient (Wildman–Crippen LogP) is 2.73. The second-order valence-electron chi connectivity index (χ2n) is 6.16. The van der Waals surface area contributed by atoms with Crippen LogP contribution in [0.15, 0.2) is 41.2 Å². The van der Waals surface area contributed by atoms with Gasteiger partial charge >= 0.3 is 0 Å². The number of thiophene rings is 1. The number of nitrogens with zero attached hydrogens (tertiary/aromatic N) is 2. The van der Waals surface area contributed by atoms with Crippen molar-refractivity contribution in [2.24, 2.45) is 0 Å². The van der Waals surface area contributed by atoms with E-state index in [1.54, 1.807) is 17.5 Å². The third-order valence-electron chi connectivity index (χ3n) is 4.72. The summed E-state index contributed by atoms with van der Waals surface area (Å²) in [4.78, 5) is 19.0. The van der Waals surface area contributed by atoms with Gasteiger partial charge in [0.15, 0.2) is 0 Å². The van der Waals surface area contributed by atoms with Crippen LogP contribution in [0.4, 0.5) is 0 Å². The van der Waals surface area contributed by atoms with E-state index in [0.717, 1.165) is 24.1 Å². The highest BCUT2D eigenvalue weighted by Gasteiger charge is 2.44. The number of amides is 1. The number of carbonyl (C=O) groups is 1. The minimum Gasteiger partial charge on any atom is -0.373 e. The average Bonchev–Trinajstić information content (AvgIpc) is 3.31. The van der Waals surface area contributed by atoms with Crippen LogP contribution in [-0.4, -0.2) is 47.2 Å². The van der Waals surface area contributed by atoms with E-state index in [2.05, 4.69) is 4.98 Å². The molecule has 2 aliphatic rings. The van der Waals surface area contributed by atoms with Crippen molar-refractivity contribution in [2.45, 2.75) is 37.7 Å². The van der Waals surface area contributed by atoms with Crippen LogP contribution in [0.25, 0.3) is 0 Å². The van der Waals surface area contributed by atoms with Gasteiger partial charge in [-0.1, -0.05) is 6.07 Å². The molecular weight excluding hydrogens is 324 g/mol. The van der Waals surface area contributed by atoms with Gasteiger partial charge in [-0.05, 0) is 36.4 Å². The summed E-state index contributed by atoms with van der Waals surface area (Å²) in [6, 6.07) is 7.82. The van der Waals surface area contributed by atoms with Crippen LogP contribution in [0.2, 0.25) is 0 Å². The first-order valence-electron chi connectivity index (χ1n) is 8.29. The summed E-state index contributed by atoms with van der Waals surface area (Å²) in [6.07, 6.45) is 3.43. The Hall–Kier alpha value is -1.76. The van der Waals surface area contributed by atoms with Crippen molar-refractivity contribution in [1.29, 1.82) is 0 Å². The second kappa shape index (κ2) is 7.01. The summed E-state index contributed by atoms with van der Waals surface area (Å²) in [7, 11) is 0. The first-order valence-corrected chi connectivity index (χ1v) is 9.23. The summed E-state index contributed by atoms with van der Waals surface area (Å²) in [5, 5.41) is 3.86. The van der Waals surface area contributed by atoms with Crippen molar-refractivity contribution in [3.05, 3.63) is 52.5 Å². The van der Waals surface area contributed by atoms with Crippen LogP contribution in [0, 0.1) is 0 Å². The maximum absolute atomic E-state index is 12.7. The third-order valence-corrected chi connectivity index (χ3v) is 5.41. The van der Waals surface area contributed by atoms with E-state index >= 15 is 0 Å². The molecule has 0 radical (unpaired) electrons. The number of pyridine rings is 1. The first kappa shape index (κ1) is 15.7. The molecule has 1 amide bonds. The second-order valence-corrected chi connectivity index (χ2v) is 6.94. The number of piperidine rings is 1. The molecule has 0 aromatic carbocycles. The van der Waals surface area contributed by atoms with E-state index in [-0.39, 0.29) is 24.2 Å². The highest BCUT2D eigenvalue weighted by molar-refractivity contribution is 7.08. The number of hydrogen-bond donors (Lipinski definition) is 0. The Morgan fingerprint density at radius 2 is 2.33 bits per heavy atom. The van der Waals surface area contributed by atoms with Gasteiger partial charge in [0.05, 0.1) is 30.0 Å². The zero-order chi connectivity index (χ0) is 16.4. The number of rotatable bonds is 4. The average molecular weight is 344 g/mol. The van der Waals surface area contributed by atoms with E-state index in [0.29, 0.717) is 19.8 Å². The molecule has 2 aromatic rings. The molecule has 3 atom stereocenters. The molecule has 4 heterocycles. The Kier molecular flexibility index (Phi) is 4.60. The Morgan fingerprint density at radius 3 is 3.12 bits per heavy atom. The maximum Gasteiger partial charge on any atom is 0.255 e. The molecule has 24 heavy (non-hydrogen) atoms. The summed E-state index contributed by atoms with van der Waals surface area (Å²) in [6.45, 7) is 1.88. The molecule has 0 spiro atoms. The topological polar surface area (TPSA) is 51.7 Å². The van der Waals surface area contributed by atoms with Gasteiger partial charge in [0.1, 0.15) is 6.10 Å². The lowest BCUT2D eigenvalue weighted by molar-refractivity contribution is -0.0978. The number of aromatic nitrogens is 1. The first-order chi connectivity index (χ1) is 11.8. The molecule has 0 N–H and O–H groups in total. The normalized spacial score (nSPS) is 26.3. The van der Waals surface area contributed by atoms with Gasteiger partial charge in [-0.15, -0.1) is 0 Å². The molecule has 0 aliphatic carbocycles. The van der Waals surface area contributed by atoms with Crippen LogP contribution >= 0.6 is 11.3 Å². The van der Waals surface area contributed by atoms with Gasteiger partial charge in [0.25, 0.3) is 5.91 Å². The summed E-state index contributed by atoms with van der Waals surface area (Å²) >= 11 is 1.55. The fourth-order valence-corrected chi connectivity index (χ4v) is 4.17. The Bertz CT molecular complexity index is 677. The van der Waals surface area contributed by atoms with Crippen molar-refractivity contribution in [2.75, 3.05) is 13.2 Å². The van der Waals surface area contributed by atoms with Gasteiger partial charge in [-0.3, -0.25) is 9.78 Å². The summed E-state index contributed by atoms with van der Waals surface area (Å²) in [5.41, 5.74) is 1.70. The van der Waals surface area contributed by atoms with Crippen molar-refractivity contribution in [3.63, 3.8) is 0 Å². The van der Waals surface area contributed by atoms with Crippen molar-refractivity contribution < 1.29 is 14.3 Å². The SMILES string of the molecule is O=C(c1ccsc1)N1CC[C@@H](OCc2ccccn2)[C@H]2OCC[C@@H]21. The molecule has 6 heteroatoms. The quantitative estimate of drug-likeness (QED) is 0.856. The fourth-order valence-electron chi connectivity index (χ4n) is 3.54. The molecule has 0 unspecified atom stereocenters. The van der Waals surface area contributed by atoms with E-state index in [4.69, 9.17) is 9.47 Å². The summed E-state index contributed by atoms with van der Waals surface area (Å²) < 4.78 is 12.0. The standard InChI is InChI=1S/C18H20N2O3S/c21-18(13-6-10-24-12-13)20-8-4-16(17-15(20)5-9-22-17)23-11-14-3-1-2-7-19-14/h1-3,6-7,10,12,15-17H,4-5,8-9,11H2/t15-,16+,17-/m0/s1. The largest absolute Gasteiger partial charge is 0.373 e. The number of carbonyl (C=O) groups excluding carboxylic acids is 1. The van der Waals surface area contributed by atoms with Gasteiger partial charge < -0.3 is 14.4 Å². The third kappa shape index (κ3) is 3.09. The molecule has 2 aliphatic heterocycles. The Balaban J connectivity index is 1.43. The molecule has 2 fully saturated rings. The van der Waals surface area contributed by atoms with Crippen molar-refractivity contribution in [3.8, 4) is 0 Å². The van der Waals surface area contributed by atoms with Crippen LogP contribution in [-0.2, 0) is 16.1 Å².